The number of halogens is 1. The van der Waals surface area contributed by atoms with Crippen LogP contribution in [0, 0.1) is 11.3 Å². The lowest BCUT2D eigenvalue weighted by Gasteiger charge is -2.25. The minimum Gasteiger partial charge on any atom is -0.399 e. The summed E-state index contributed by atoms with van der Waals surface area (Å²) in [5, 5.41) is 21.1. The summed E-state index contributed by atoms with van der Waals surface area (Å²) < 4.78 is 0. The molecule has 0 bridgehead atoms. The lowest BCUT2D eigenvalue weighted by Crippen LogP contribution is -2.29. The third-order valence-corrected chi connectivity index (χ3v) is 4.58. The zero-order valence-corrected chi connectivity index (χ0v) is 12.6. The molecule has 0 amide bonds. The quantitative estimate of drug-likeness (QED) is 0.892. The number of aliphatic hydroxyl groups is 1. The van der Waals surface area contributed by atoms with Crippen molar-refractivity contribution in [2.45, 2.75) is 17.9 Å². The van der Waals surface area contributed by atoms with Crippen molar-refractivity contribution in [1.82, 2.24) is 0 Å². The lowest BCUT2D eigenvalue weighted by molar-refractivity contribution is 0.0724. The van der Waals surface area contributed by atoms with Gasteiger partial charge in [-0.2, -0.15) is 5.26 Å². The van der Waals surface area contributed by atoms with Gasteiger partial charge in [-0.25, -0.2) is 0 Å². The molecule has 3 rings (SSSR count). The molecule has 0 aromatic heterocycles. The highest BCUT2D eigenvalue weighted by Gasteiger charge is 2.45. The number of hydrogen-bond acceptors (Lipinski definition) is 3. The number of nitrogens with zero attached hydrogens (tertiary/aromatic N) is 1. The van der Waals surface area contributed by atoms with E-state index < -0.39 is 5.60 Å². The Bertz CT molecular complexity index is 779. The van der Waals surface area contributed by atoms with Gasteiger partial charge in [0.25, 0.3) is 0 Å². The smallest absolute Gasteiger partial charge is 0.131 e. The largest absolute Gasteiger partial charge is 0.399 e. The summed E-state index contributed by atoms with van der Waals surface area (Å²) in [6, 6.07) is 18.7. The molecule has 0 fully saturated rings. The molecule has 2 aromatic rings. The molecular formula is C18H15ClN2O. The Morgan fingerprint density at radius 3 is 2.41 bits per heavy atom. The van der Waals surface area contributed by atoms with E-state index in [0.717, 1.165) is 5.56 Å². The summed E-state index contributed by atoms with van der Waals surface area (Å²) in [5.74, 6) is -0.302. The van der Waals surface area contributed by atoms with Crippen LogP contribution in [0.2, 0.25) is 5.02 Å². The second-order valence-corrected chi connectivity index (χ2v) is 5.85. The van der Waals surface area contributed by atoms with Crippen molar-refractivity contribution >= 4 is 11.6 Å². The molecule has 0 spiro atoms. The Morgan fingerprint density at radius 2 is 1.77 bits per heavy atom. The van der Waals surface area contributed by atoms with Gasteiger partial charge in [-0.1, -0.05) is 60.1 Å². The number of nitriles is 1. The van der Waals surface area contributed by atoms with E-state index in [1.807, 2.05) is 48.5 Å². The summed E-state index contributed by atoms with van der Waals surface area (Å²) in [6.07, 6.45) is 0.315. The van der Waals surface area contributed by atoms with Crippen LogP contribution in [0.1, 0.15) is 23.5 Å². The summed E-state index contributed by atoms with van der Waals surface area (Å²) >= 11 is 6.26. The van der Waals surface area contributed by atoms with E-state index >= 15 is 0 Å². The highest BCUT2D eigenvalue weighted by Crippen LogP contribution is 2.49. The van der Waals surface area contributed by atoms with Gasteiger partial charge in [0.1, 0.15) is 5.60 Å². The summed E-state index contributed by atoms with van der Waals surface area (Å²) in [7, 11) is 0. The fourth-order valence-corrected chi connectivity index (χ4v) is 3.33. The topological polar surface area (TPSA) is 70.0 Å². The average Bonchev–Trinajstić information content (AvgIpc) is 2.81. The van der Waals surface area contributed by atoms with Gasteiger partial charge < -0.3 is 10.8 Å². The van der Waals surface area contributed by atoms with E-state index in [2.05, 4.69) is 6.07 Å². The summed E-state index contributed by atoms with van der Waals surface area (Å²) in [5.41, 5.74) is 6.91. The molecule has 0 saturated carbocycles. The van der Waals surface area contributed by atoms with Crippen LogP contribution < -0.4 is 5.73 Å². The number of rotatable bonds is 2. The predicted molar refractivity (Wildman–Crippen MR) is 86.0 cm³/mol. The highest BCUT2D eigenvalue weighted by molar-refractivity contribution is 6.31. The Morgan fingerprint density at radius 1 is 1.14 bits per heavy atom. The van der Waals surface area contributed by atoms with E-state index in [1.54, 1.807) is 6.07 Å². The van der Waals surface area contributed by atoms with Crippen LogP contribution in [0.25, 0.3) is 0 Å². The molecule has 0 radical (unpaired) electrons. The van der Waals surface area contributed by atoms with Crippen molar-refractivity contribution in [3.8, 4) is 6.07 Å². The zero-order valence-electron chi connectivity index (χ0n) is 11.8. The van der Waals surface area contributed by atoms with Gasteiger partial charge >= 0.3 is 0 Å². The Labute approximate surface area is 134 Å². The van der Waals surface area contributed by atoms with Crippen molar-refractivity contribution in [2.24, 2.45) is 5.73 Å². The fourth-order valence-electron chi connectivity index (χ4n) is 3.07. The van der Waals surface area contributed by atoms with Gasteiger partial charge in [0.05, 0.1) is 17.3 Å². The number of allylic oxidation sites excluding steroid dienone is 1. The van der Waals surface area contributed by atoms with Crippen LogP contribution in [0.3, 0.4) is 0 Å². The molecule has 3 nitrogen and oxygen atoms in total. The molecule has 3 N–H and O–H groups in total. The van der Waals surface area contributed by atoms with Gasteiger partial charge in [0.2, 0.25) is 0 Å². The molecule has 2 aromatic carbocycles. The average molecular weight is 311 g/mol. The van der Waals surface area contributed by atoms with E-state index in [9.17, 15) is 10.4 Å². The molecule has 2 atom stereocenters. The maximum absolute atomic E-state index is 11.1. The first-order valence-corrected chi connectivity index (χ1v) is 7.38. The molecule has 0 heterocycles. The Hall–Kier alpha value is -2.28. The second-order valence-electron chi connectivity index (χ2n) is 5.44. The first-order valence-electron chi connectivity index (χ1n) is 7.00. The van der Waals surface area contributed by atoms with E-state index in [-0.39, 0.29) is 11.6 Å². The van der Waals surface area contributed by atoms with Crippen molar-refractivity contribution in [3.05, 3.63) is 82.0 Å². The van der Waals surface area contributed by atoms with Crippen LogP contribution in [0.5, 0.6) is 0 Å². The highest BCUT2D eigenvalue weighted by atomic mass is 35.5. The van der Waals surface area contributed by atoms with E-state index in [1.165, 1.54) is 0 Å². The molecule has 4 heteroatoms. The van der Waals surface area contributed by atoms with Gasteiger partial charge in [-0.05, 0) is 23.6 Å². The van der Waals surface area contributed by atoms with Gasteiger partial charge in [-0.15, -0.1) is 0 Å². The van der Waals surface area contributed by atoms with Gasteiger partial charge in [0, 0.05) is 10.9 Å². The summed E-state index contributed by atoms with van der Waals surface area (Å²) in [4.78, 5) is 0. The standard InChI is InChI=1S/C18H15ClN2O/c19-16-9-5-4-8-13(16)14-10-18(22,17(21)15(14)11-20)12-6-2-1-3-7-12/h1-9,14,22H,10,21H2/t14-,18+/m0/s1. The van der Waals surface area contributed by atoms with Crippen LogP contribution in [0.15, 0.2) is 65.9 Å². The number of benzene rings is 2. The number of nitrogens with two attached hydrogens (primary N) is 1. The van der Waals surface area contributed by atoms with Crippen LogP contribution in [-0.4, -0.2) is 5.11 Å². The van der Waals surface area contributed by atoms with E-state index in [4.69, 9.17) is 17.3 Å². The predicted octanol–water partition coefficient (Wildman–Crippen LogP) is 3.45. The lowest BCUT2D eigenvalue weighted by atomic mass is 9.86. The van der Waals surface area contributed by atoms with Crippen molar-refractivity contribution in [1.29, 1.82) is 5.26 Å². The van der Waals surface area contributed by atoms with Crippen molar-refractivity contribution < 1.29 is 5.11 Å². The molecule has 22 heavy (non-hydrogen) atoms. The second kappa shape index (κ2) is 5.49. The van der Waals surface area contributed by atoms with E-state index in [0.29, 0.717) is 22.6 Å². The first-order chi connectivity index (χ1) is 10.6. The Balaban J connectivity index is 2.12. The molecule has 0 saturated heterocycles. The maximum Gasteiger partial charge on any atom is 0.131 e. The molecule has 0 unspecified atom stereocenters. The third kappa shape index (κ3) is 2.18. The third-order valence-electron chi connectivity index (χ3n) is 4.24. The minimum absolute atomic E-state index is 0.214. The molecule has 0 aliphatic heterocycles. The molecule has 1 aliphatic rings. The van der Waals surface area contributed by atoms with Crippen molar-refractivity contribution in [2.75, 3.05) is 0 Å². The molecule has 110 valence electrons. The zero-order chi connectivity index (χ0) is 15.7. The van der Waals surface area contributed by atoms with Crippen LogP contribution in [-0.2, 0) is 5.60 Å². The van der Waals surface area contributed by atoms with Gasteiger partial charge in [-0.3, -0.25) is 0 Å². The minimum atomic E-state index is -1.34. The van der Waals surface area contributed by atoms with Crippen LogP contribution in [0.4, 0.5) is 0 Å². The van der Waals surface area contributed by atoms with Gasteiger partial charge in [0.15, 0.2) is 0 Å². The summed E-state index contributed by atoms with van der Waals surface area (Å²) in [6.45, 7) is 0. The van der Waals surface area contributed by atoms with Crippen molar-refractivity contribution in [3.63, 3.8) is 0 Å². The SMILES string of the molecule is N#CC1=C(N)[C@](O)(c2ccccc2)C[C@H]1c1ccccc1Cl. The van der Waals surface area contributed by atoms with Crippen LogP contribution >= 0.6 is 11.6 Å². The Kier molecular flexibility index (Phi) is 3.66. The monoisotopic (exact) mass is 310 g/mol. The fraction of sp³-hybridized carbons (Fsp3) is 0.167. The first kappa shape index (κ1) is 14.6. The maximum atomic E-state index is 11.1. The molecule has 1 aliphatic carbocycles. The number of hydrogen-bond donors (Lipinski definition) is 2. The normalized spacial score (nSPS) is 24.3. The molecular weight excluding hydrogens is 296 g/mol.